The van der Waals surface area contributed by atoms with Crippen molar-refractivity contribution < 1.29 is 13.9 Å². The molecule has 2 aliphatic heterocycles. The van der Waals surface area contributed by atoms with Gasteiger partial charge in [0.25, 0.3) is 5.91 Å². The number of ether oxygens (including phenoxy) is 1. The molecule has 2 saturated heterocycles. The van der Waals surface area contributed by atoms with E-state index in [1.807, 2.05) is 0 Å². The van der Waals surface area contributed by atoms with Crippen molar-refractivity contribution in [2.75, 3.05) is 39.8 Å². The van der Waals surface area contributed by atoms with Crippen LogP contribution in [0.1, 0.15) is 25.7 Å². The molecule has 0 aromatic carbocycles. The van der Waals surface area contributed by atoms with Crippen molar-refractivity contribution in [1.29, 1.82) is 0 Å². The first-order valence-corrected chi connectivity index (χ1v) is 6.84. The van der Waals surface area contributed by atoms with E-state index in [0.29, 0.717) is 32.5 Å². The van der Waals surface area contributed by atoms with Crippen LogP contribution in [-0.2, 0) is 9.53 Å². The van der Waals surface area contributed by atoms with Gasteiger partial charge >= 0.3 is 0 Å². The van der Waals surface area contributed by atoms with Crippen molar-refractivity contribution >= 4 is 5.91 Å². The third kappa shape index (κ3) is 2.14. The van der Waals surface area contributed by atoms with Crippen LogP contribution in [0, 0.1) is 0 Å². The Labute approximate surface area is 107 Å². The summed E-state index contributed by atoms with van der Waals surface area (Å²) in [7, 11) is 2.07. The van der Waals surface area contributed by atoms with Crippen LogP contribution < -0.4 is 0 Å². The number of morpholine rings is 1. The van der Waals surface area contributed by atoms with Crippen LogP contribution in [0.25, 0.3) is 0 Å². The molecular formula is C13H21FN2O2. The lowest BCUT2D eigenvalue weighted by Gasteiger charge is -2.47. The molecule has 102 valence electrons. The topological polar surface area (TPSA) is 32.8 Å². The molecule has 0 aromatic rings. The lowest BCUT2D eigenvalue weighted by Crippen LogP contribution is -2.61. The van der Waals surface area contributed by atoms with Crippen molar-refractivity contribution in [3.05, 3.63) is 0 Å². The number of carbonyl (C=O) groups excluding carboxylic acids is 1. The smallest absolute Gasteiger partial charge is 0.260 e. The molecule has 4 nitrogen and oxygen atoms in total. The average Bonchev–Trinajstić information content (AvgIpc) is 3.07. The predicted molar refractivity (Wildman–Crippen MR) is 65.1 cm³/mol. The van der Waals surface area contributed by atoms with Crippen molar-refractivity contribution in [2.45, 2.75) is 37.0 Å². The minimum atomic E-state index is -1.54. The Kier molecular flexibility index (Phi) is 2.86. The second kappa shape index (κ2) is 4.17. The van der Waals surface area contributed by atoms with E-state index in [0.717, 1.165) is 25.9 Å². The highest BCUT2D eigenvalue weighted by Crippen LogP contribution is 2.42. The molecule has 1 atom stereocenters. The van der Waals surface area contributed by atoms with Gasteiger partial charge in [-0.3, -0.25) is 4.79 Å². The van der Waals surface area contributed by atoms with E-state index in [-0.39, 0.29) is 11.5 Å². The molecule has 2 heterocycles. The SMILES string of the molecule is CN1CCCC2(C1)CN(C(=O)C1(F)CC1)CCO2. The zero-order valence-electron chi connectivity index (χ0n) is 11.0. The highest BCUT2D eigenvalue weighted by molar-refractivity contribution is 5.88. The van der Waals surface area contributed by atoms with Gasteiger partial charge in [0.1, 0.15) is 0 Å². The standard InChI is InChI=1S/C13H21FN2O2/c1-15-6-2-3-12(9-15)10-16(7-8-18-12)11(17)13(14)4-5-13/h2-10H2,1H3. The van der Waals surface area contributed by atoms with E-state index in [1.165, 1.54) is 0 Å². The fourth-order valence-electron chi connectivity index (χ4n) is 3.19. The monoisotopic (exact) mass is 256 g/mol. The number of likely N-dealkylation sites (tertiary alicyclic amines) is 1. The second-order valence-corrected chi connectivity index (χ2v) is 6.06. The first kappa shape index (κ1) is 12.4. The molecule has 1 saturated carbocycles. The molecule has 0 bridgehead atoms. The van der Waals surface area contributed by atoms with Gasteiger partial charge in [-0.25, -0.2) is 4.39 Å². The number of likely N-dealkylation sites (N-methyl/N-ethyl adjacent to an activating group) is 1. The minimum Gasteiger partial charge on any atom is -0.370 e. The molecule has 1 aliphatic carbocycles. The number of carbonyl (C=O) groups is 1. The van der Waals surface area contributed by atoms with Crippen LogP contribution in [-0.4, -0.2) is 66.8 Å². The van der Waals surface area contributed by atoms with Gasteiger partial charge in [-0.2, -0.15) is 0 Å². The third-order valence-corrected chi connectivity index (χ3v) is 4.34. The van der Waals surface area contributed by atoms with Crippen LogP contribution in [0.2, 0.25) is 0 Å². The van der Waals surface area contributed by atoms with Gasteiger partial charge < -0.3 is 14.5 Å². The van der Waals surface area contributed by atoms with Crippen molar-refractivity contribution in [3.8, 4) is 0 Å². The average molecular weight is 256 g/mol. The lowest BCUT2D eigenvalue weighted by atomic mass is 9.91. The maximum Gasteiger partial charge on any atom is 0.260 e. The number of hydrogen-bond donors (Lipinski definition) is 0. The highest BCUT2D eigenvalue weighted by Gasteiger charge is 2.54. The minimum absolute atomic E-state index is 0.258. The first-order valence-electron chi connectivity index (χ1n) is 6.84. The van der Waals surface area contributed by atoms with Crippen molar-refractivity contribution in [3.63, 3.8) is 0 Å². The number of rotatable bonds is 1. The van der Waals surface area contributed by atoms with E-state index in [1.54, 1.807) is 4.90 Å². The van der Waals surface area contributed by atoms with E-state index in [2.05, 4.69) is 11.9 Å². The highest BCUT2D eigenvalue weighted by atomic mass is 19.1. The Balaban J connectivity index is 1.69. The van der Waals surface area contributed by atoms with Gasteiger partial charge in [0.15, 0.2) is 5.67 Å². The Morgan fingerprint density at radius 1 is 1.22 bits per heavy atom. The first-order chi connectivity index (χ1) is 8.53. The van der Waals surface area contributed by atoms with Crippen LogP contribution in [0.4, 0.5) is 4.39 Å². The Bertz CT molecular complexity index is 355. The van der Waals surface area contributed by atoms with E-state index in [4.69, 9.17) is 4.74 Å². The van der Waals surface area contributed by atoms with Crippen LogP contribution in [0.3, 0.4) is 0 Å². The largest absolute Gasteiger partial charge is 0.370 e. The molecule has 0 aromatic heterocycles. The summed E-state index contributed by atoms with van der Waals surface area (Å²) in [6.45, 7) is 3.55. The summed E-state index contributed by atoms with van der Waals surface area (Å²) in [6, 6.07) is 0. The predicted octanol–water partition coefficient (Wildman–Crippen LogP) is 0.812. The van der Waals surface area contributed by atoms with Crippen molar-refractivity contribution in [2.24, 2.45) is 0 Å². The Morgan fingerprint density at radius 2 is 2.00 bits per heavy atom. The number of halogens is 1. The van der Waals surface area contributed by atoms with Gasteiger partial charge in [0.05, 0.1) is 18.8 Å². The van der Waals surface area contributed by atoms with Gasteiger partial charge in [0.2, 0.25) is 0 Å². The summed E-state index contributed by atoms with van der Waals surface area (Å²) in [5.41, 5.74) is -1.80. The zero-order valence-corrected chi connectivity index (χ0v) is 11.0. The van der Waals surface area contributed by atoms with Crippen molar-refractivity contribution in [1.82, 2.24) is 9.80 Å². The molecule has 1 unspecified atom stereocenters. The summed E-state index contributed by atoms with van der Waals surface area (Å²) >= 11 is 0. The molecule has 18 heavy (non-hydrogen) atoms. The molecular weight excluding hydrogens is 235 g/mol. The number of amides is 1. The third-order valence-electron chi connectivity index (χ3n) is 4.34. The maximum atomic E-state index is 13.9. The van der Waals surface area contributed by atoms with E-state index < -0.39 is 5.67 Å². The summed E-state index contributed by atoms with van der Waals surface area (Å²) < 4.78 is 19.8. The summed E-state index contributed by atoms with van der Waals surface area (Å²) in [5, 5.41) is 0. The number of nitrogens with zero attached hydrogens (tertiary/aromatic N) is 2. The molecule has 1 spiro atoms. The normalized spacial score (nSPS) is 35.8. The van der Waals surface area contributed by atoms with Gasteiger partial charge in [-0.15, -0.1) is 0 Å². The van der Waals surface area contributed by atoms with Gasteiger partial charge in [0, 0.05) is 13.1 Å². The number of alkyl halides is 1. The van der Waals surface area contributed by atoms with Crippen LogP contribution in [0.5, 0.6) is 0 Å². The summed E-state index contributed by atoms with van der Waals surface area (Å²) in [5.74, 6) is -0.307. The number of piperidine rings is 1. The molecule has 0 radical (unpaired) electrons. The quantitative estimate of drug-likeness (QED) is 0.696. The number of hydrogen-bond acceptors (Lipinski definition) is 3. The zero-order chi connectivity index (χ0) is 12.8. The molecule has 0 N–H and O–H groups in total. The Morgan fingerprint density at radius 3 is 2.67 bits per heavy atom. The fraction of sp³-hybridized carbons (Fsp3) is 0.923. The lowest BCUT2D eigenvalue weighted by molar-refractivity contribution is -0.165. The Hall–Kier alpha value is -0.680. The maximum absolute atomic E-state index is 13.9. The molecule has 3 fully saturated rings. The fourth-order valence-corrected chi connectivity index (χ4v) is 3.19. The summed E-state index contributed by atoms with van der Waals surface area (Å²) in [4.78, 5) is 16.0. The molecule has 3 rings (SSSR count). The van der Waals surface area contributed by atoms with Gasteiger partial charge in [-0.1, -0.05) is 0 Å². The van der Waals surface area contributed by atoms with E-state index >= 15 is 0 Å². The molecule has 3 aliphatic rings. The van der Waals surface area contributed by atoms with E-state index in [9.17, 15) is 9.18 Å². The summed E-state index contributed by atoms with van der Waals surface area (Å²) in [6.07, 6.45) is 2.85. The van der Waals surface area contributed by atoms with Crippen LogP contribution >= 0.6 is 0 Å². The van der Waals surface area contributed by atoms with Gasteiger partial charge in [-0.05, 0) is 39.3 Å². The van der Waals surface area contributed by atoms with Crippen LogP contribution in [0.15, 0.2) is 0 Å². The molecule has 5 heteroatoms. The second-order valence-electron chi connectivity index (χ2n) is 6.06. The molecule has 1 amide bonds.